The predicted molar refractivity (Wildman–Crippen MR) is 129 cm³/mol. The number of nitrogens with zero attached hydrogens (tertiary/aromatic N) is 4. The van der Waals surface area contributed by atoms with Gasteiger partial charge in [0, 0.05) is 23.6 Å². The molecule has 0 aliphatic carbocycles. The van der Waals surface area contributed by atoms with Crippen LogP contribution in [0.1, 0.15) is 17.0 Å². The number of aryl methyl sites for hydroxylation is 1. The molecule has 11 heteroatoms. The molecule has 0 unspecified atom stereocenters. The van der Waals surface area contributed by atoms with E-state index in [0.717, 1.165) is 5.56 Å². The number of aromatic nitrogens is 2. The fourth-order valence-electron chi connectivity index (χ4n) is 3.09. The first kappa shape index (κ1) is 24.9. The molecule has 1 N–H and O–H groups in total. The van der Waals surface area contributed by atoms with Crippen LogP contribution in [0.5, 0.6) is 11.5 Å². The highest BCUT2D eigenvalue weighted by Gasteiger charge is 2.19. The van der Waals surface area contributed by atoms with Crippen molar-refractivity contribution in [2.75, 3.05) is 27.6 Å². The van der Waals surface area contributed by atoms with Crippen molar-refractivity contribution in [3.8, 4) is 22.9 Å². The van der Waals surface area contributed by atoms with Crippen LogP contribution in [0.3, 0.4) is 0 Å². The Morgan fingerprint density at radius 2 is 1.88 bits per heavy atom. The van der Waals surface area contributed by atoms with Crippen molar-refractivity contribution in [2.45, 2.75) is 13.5 Å². The van der Waals surface area contributed by atoms with Gasteiger partial charge in [0.25, 0.3) is 0 Å². The Bertz CT molecular complexity index is 1200. The number of thioether (sulfide) groups is 1. The number of carbonyl (C=O) groups is 1. The summed E-state index contributed by atoms with van der Waals surface area (Å²) in [5, 5.41) is 14.1. The molecule has 3 aromatic rings. The van der Waals surface area contributed by atoms with E-state index in [2.05, 4.69) is 15.1 Å². The lowest BCUT2D eigenvalue weighted by Crippen LogP contribution is -2.15. The Kier molecular flexibility index (Phi) is 8.39. The van der Waals surface area contributed by atoms with Crippen LogP contribution in [-0.2, 0) is 11.3 Å². The van der Waals surface area contributed by atoms with E-state index in [1.165, 1.54) is 33.1 Å². The number of methoxy groups -OCH3 is 3. The number of hydrogen-bond acceptors (Lipinski definition) is 10. The molecule has 1 aromatic heterocycles. The highest BCUT2D eigenvalue weighted by molar-refractivity contribution is 8.15. The Labute approximate surface area is 200 Å². The second-order valence-corrected chi connectivity index (χ2v) is 7.56. The number of aliphatic hydroxyl groups excluding tert-OH is 1. The summed E-state index contributed by atoms with van der Waals surface area (Å²) in [4.78, 5) is 24.9. The van der Waals surface area contributed by atoms with Gasteiger partial charge in [-0.05, 0) is 42.7 Å². The number of aliphatic imine (C=N–C) groups is 2. The molecule has 0 radical (unpaired) electrons. The molecule has 3 rings (SSSR count). The molecule has 0 saturated heterocycles. The molecular weight excluding hydrogens is 460 g/mol. The Hall–Kier alpha value is -3.70. The smallest absolute Gasteiger partial charge is 0.434 e. The van der Waals surface area contributed by atoms with E-state index in [0.29, 0.717) is 50.8 Å². The first-order chi connectivity index (χ1) is 16.4. The van der Waals surface area contributed by atoms with E-state index in [-0.39, 0.29) is 6.61 Å². The molecule has 0 aliphatic rings. The van der Waals surface area contributed by atoms with Crippen LogP contribution in [0.2, 0.25) is 0 Å². The lowest BCUT2D eigenvalue weighted by atomic mass is 10.0. The largest absolute Gasteiger partial charge is 0.493 e. The molecule has 0 bridgehead atoms. The van der Waals surface area contributed by atoms with Crippen molar-refractivity contribution in [2.24, 2.45) is 9.98 Å². The zero-order valence-electron chi connectivity index (χ0n) is 19.4. The van der Waals surface area contributed by atoms with Gasteiger partial charge < -0.3 is 23.8 Å². The monoisotopic (exact) mass is 484 g/mol. The van der Waals surface area contributed by atoms with Crippen molar-refractivity contribution in [1.29, 1.82) is 0 Å². The lowest BCUT2D eigenvalue weighted by molar-refractivity contribution is 0.183. The topological polar surface area (TPSA) is 129 Å². The number of carbonyl (C=O) groups excluding carboxylic acids is 1. The van der Waals surface area contributed by atoms with Gasteiger partial charge in [-0.15, -0.1) is 11.8 Å². The molecule has 1 amide bonds. The first-order valence-corrected chi connectivity index (χ1v) is 11.2. The summed E-state index contributed by atoms with van der Waals surface area (Å²) in [6.45, 7) is 1.43. The molecule has 1 heterocycles. The number of benzene rings is 2. The minimum Gasteiger partial charge on any atom is -0.493 e. The van der Waals surface area contributed by atoms with Crippen LogP contribution in [0.4, 0.5) is 10.5 Å². The molecule has 0 saturated carbocycles. The van der Waals surface area contributed by atoms with E-state index >= 15 is 0 Å². The fourth-order valence-corrected chi connectivity index (χ4v) is 3.61. The number of hydrogen-bond donors (Lipinski definition) is 1. The molecule has 0 fully saturated rings. The van der Waals surface area contributed by atoms with E-state index in [9.17, 15) is 9.90 Å². The minimum atomic E-state index is -0.761. The van der Waals surface area contributed by atoms with E-state index in [1.807, 2.05) is 12.1 Å². The van der Waals surface area contributed by atoms with Gasteiger partial charge in [-0.2, -0.15) is 9.98 Å². The Morgan fingerprint density at radius 3 is 2.41 bits per heavy atom. The standard InChI is InChI=1S/C23H24N4O6S/c1-13-24-21(27-33-13)14-6-8-17(9-7-14)25-19(22(34-5)26-23(29)32-4)15-10-16(12-28)20(31-3)18(11-15)30-2/h6-11,28H,12H2,1-5H3/b25-19-,26-22-. The van der Waals surface area contributed by atoms with Crippen LogP contribution in [0.25, 0.3) is 11.4 Å². The first-order valence-electron chi connectivity index (χ1n) is 10.0. The maximum atomic E-state index is 11.9. The quantitative estimate of drug-likeness (QED) is 0.387. The van der Waals surface area contributed by atoms with Crippen molar-refractivity contribution in [3.05, 3.63) is 53.4 Å². The molecule has 34 heavy (non-hydrogen) atoms. The zero-order valence-corrected chi connectivity index (χ0v) is 20.2. The van der Waals surface area contributed by atoms with Gasteiger partial charge >= 0.3 is 6.09 Å². The van der Waals surface area contributed by atoms with Crippen molar-refractivity contribution in [3.63, 3.8) is 0 Å². The van der Waals surface area contributed by atoms with Crippen LogP contribution in [0.15, 0.2) is 50.9 Å². The zero-order chi connectivity index (χ0) is 24.7. The van der Waals surface area contributed by atoms with Gasteiger partial charge in [0.05, 0.1) is 33.6 Å². The van der Waals surface area contributed by atoms with Crippen molar-refractivity contribution >= 4 is 34.3 Å². The summed E-state index contributed by atoms with van der Waals surface area (Å²) in [5.74, 6) is 1.75. The minimum absolute atomic E-state index is 0.289. The van der Waals surface area contributed by atoms with Crippen LogP contribution in [-0.4, -0.2) is 59.7 Å². The van der Waals surface area contributed by atoms with E-state index in [4.69, 9.17) is 23.7 Å². The van der Waals surface area contributed by atoms with Gasteiger partial charge in [-0.25, -0.2) is 9.79 Å². The van der Waals surface area contributed by atoms with Gasteiger partial charge in [0.2, 0.25) is 11.7 Å². The number of amides is 1. The maximum absolute atomic E-state index is 11.9. The summed E-state index contributed by atoms with van der Waals surface area (Å²) < 4.78 is 20.6. The molecule has 0 atom stereocenters. The maximum Gasteiger partial charge on any atom is 0.434 e. The van der Waals surface area contributed by atoms with Crippen LogP contribution < -0.4 is 9.47 Å². The summed E-state index contributed by atoms with van der Waals surface area (Å²) >= 11 is 1.23. The second-order valence-electron chi connectivity index (χ2n) is 6.76. The second kappa shape index (κ2) is 11.4. The lowest BCUT2D eigenvalue weighted by Gasteiger charge is -2.15. The highest BCUT2D eigenvalue weighted by atomic mass is 32.2. The van der Waals surface area contributed by atoms with Crippen molar-refractivity contribution < 1.29 is 28.6 Å². The average molecular weight is 485 g/mol. The summed E-state index contributed by atoms with van der Waals surface area (Å²) in [6.07, 6.45) is 1.01. The third kappa shape index (κ3) is 5.61. The molecule has 10 nitrogen and oxygen atoms in total. The molecule has 2 aromatic carbocycles. The van der Waals surface area contributed by atoms with Gasteiger partial charge in [-0.3, -0.25) is 0 Å². The Balaban J connectivity index is 2.16. The summed E-state index contributed by atoms with van der Waals surface area (Å²) in [6, 6.07) is 10.6. The van der Waals surface area contributed by atoms with E-state index < -0.39 is 6.09 Å². The van der Waals surface area contributed by atoms with Crippen LogP contribution >= 0.6 is 11.8 Å². The molecular formula is C23H24N4O6S. The number of aliphatic hydroxyl groups is 1. The van der Waals surface area contributed by atoms with Gasteiger partial charge in [-0.1, -0.05) is 5.16 Å². The summed E-state index contributed by atoms with van der Waals surface area (Å²) in [7, 11) is 4.24. The number of rotatable bonds is 7. The van der Waals surface area contributed by atoms with E-state index in [1.54, 1.807) is 37.4 Å². The number of ether oxygens (including phenoxy) is 3. The normalized spacial score (nSPS) is 11.9. The predicted octanol–water partition coefficient (Wildman–Crippen LogP) is 4.20. The Morgan fingerprint density at radius 1 is 1.15 bits per heavy atom. The van der Waals surface area contributed by atoms with Crippen LogP contribution in [0, 0.1) is 6.92 Å². The third-order valence-corrected chi connectivity index (χ3v) is 5.33. The fraction of sp³-hybridized carbons (Fsp3) is 0.261. The molecule has 0 aliphatic heterocycles. The van der Waals surface area contributed by atoms with Crippen molar-refractivity contribution in [1.82, 2.24) is 10.1 Å². The molecule has 0 spiro atoms. The average Bonchev–Trinajstić information content (AvgIpc) is 3.31. The summed E-state index contributed by atoms with van der Waals surface area (Å²) in [5.41, 5.74) is 2.80. The highest BCUT2D eigenvalue weighted by Crippen LogP contribution is 2.34. The van der Waals surface area contributed by atoms with Gasteiger partial charge in [0.15, 0.2) is 11.5 Å². The third-order valence-electron chi connectivity index (χ3n) is 4.66. The van der Waals surface area contributed by atoms with Gasteiger partial charge in [0.1, 0.15) is 10.8 Å². The molecule has 178 valence electrons. The SMILES string of the molecule is COC(=O)/N=C(SC)/C(=N\c1ccc(-c2noc(C)n2)cc1)c1cc(CO)c(OC)c(OC)c1.